The quantitative estimate of drug-likeness (QED) is 0.498. The Hall–Kier alpha value is -1.55. The van der Waals surface area contributed by atoms with Crippen LogP contribution in [0.1, 0.15) is 24.8 Å². The Bertz CT molecular complexity index is 439. The van der Waals surface area contributed by atoms with Gasteiger partial charge in [-0.2, -0.15) is 0 Å². The van der Waals surface area contributed by atoms with Gasteiger partial charge in [0.1, 0.15) is 0 Å². The predicted molar refractivity (Wildman–Crippen MR) is 92.3 cm³/mol. The number of likely N-dealkylation sites (tertiary alicyclic amines) is 1. The molecule has 1 aliphatic rings. The van der Waals surface area contributed by atoms with Crippen molar-refractivity contribution in [3.8, 4) is 0 Å². The van der Waals surface area contributed by atoms with Gasteiger partial charge in [-0.05, 0) is 37.2 Å². The second kappa shape index (κ2) is 9.46. The average Bonchev–Trinajstić information content (AvgIpc) is 2.57. The number of nitrogens with zero attached hydrogens (tertiary/aromatic N) is 2. The van der Waals surface area contributed by atoms with Crippen LogP contribution >= 0.6 is 0 Å². The molecule has 1 heterocycles. The first-order chi connectivity index (χ1) is 10.8. The molecule has 2 rings (SSSR count). The van der Waals surface area contributed by atoms with E-state index < -0.39 is 0 Å². The van der Waals surface area contributed by atoms with Crippen LogP contribution < -0.4 is 5.32 Å². The maximum absolute atomic E-state index is 5.08. The van der Waals surface area contributed by atoms with Crippen molar-refractivity contribution in [3.63, 3.8) is 0 Å². The van der Waals surface area contributed by atoms with E-state index in [-0.39, 0.29) is 0 Å². The molecule has 1 fully saturated rings. The summed E-state index contributed by atoms with van der Waals surface area (Å²) in [7, 11) is 3.61. The van der Waals surface area contributed by atoms with E-state index in [4.69, 9.17) is 4.74 Å². The van der Waals surface area contributed by atoms with Crippen LogP contribution in [0.4, 0.5) is 0 Å². The maximum atomic E-state index is 5.08. The van der Waals surface area contributed by atoms with Gasteiger partial charge in [-0.3, -0.25) is 4.99 Å². The third-order valence-corrected chi connectivity index (χ3v) is 4.30. The standard InChI is InChI=1S/C18H29N3O/c1-19-18(20-11-6-14-22-2)21-12-9-17(10-13-21)15-16-7-4-3-5-8-16/h3-5,7-8,17H,6,9-15H2,1-2H3,(H,19,20). The molecule has 0 aromatic heterocycles. The number of guanidine groups is 1. The van der Waals surface area contributed by atoms with Gasteiger partial charge in [-0.1, -0.05) is 30.3 Å². The number of ether oxygens (including phenoxy) is 1. The highest BCUT2D eigenvalue weighted by atomic mass is 16.5. The predicted octanol–water partition coefficient (Wildman–Crippen LogP) is 2.55. The first-order valence-electron chi connectivity index (χ1n) is 8.32. The van der Waals surface area contributed by atoms with Crippen molar-refractivity contribution in [2.24, 2.45) is 10.9 Å². The third kappa shape index (κ3) is 5.34. The average molecular weight is 303 g/mol. The maximum Gasteiger partial charge on any atom is 0.193 e. The highest BCUT2D eigenvalue weighted by Gasteiger charge is 2.21. The Labute approximate surface area is 134 Å². The normalized spacial score (nSPS) is 16.8. The van der Waals surface area contributed by atoms with Crippen molar-refractivity contribution < 1.29 is 4.74 Å². The highest BCUT2D eigenvalue weighted by Crippen LogP contribution is 2.21. The Morgan fingerprint density at radius 1 is 1.27 bits per heavy atom. The largest absolute Gasteiger partial charge is 0.385 e. The van der Waals surface area contributed by atoms with Gasteiger partial charge in [0.05, 0.1) is 0 Å². The Balaban J connectivity index is 1.73. The molecule has 0 saturated carbocycles. The smallest absolute Gasteiger partial charge is 0.193 e. The molecule has 4 nitrogen and oxygen atoms in total. The van der Waals surface area contributed by atoms with Crippen LogP contribution in [0.5, 0.6) is 0 Å². The van der Waals surface area contributed by atoms with E-state index in [2.05, 4.69) is 45.5 Å². The fraction of sp³-hybridized carbons (Fsp3) is 0.611. The number of hydrogen-bond donors (Lipinski definition) is 1. The fourth-order valence-electron chi connectivity index (χ4n) is 3.05. The molecule has 0 unspecified atom stereocenters. The SMILES string of the molecule is CN=C(NCCCOC)N1CCC(Cc2ccccc2)CC1. The zero-order valence-corrected chi connectivity index (χ0v) is 13.9. The Kier molecular flexibility index (Phi) is 7.23. The van der Waals surface area contributed by atoms with E-state index in [0.717, 1.165) is 44.5 Å². The van der Waals surface area contributed by atoms with Gasteiger partial charge >= 0.3 is 0 Å². The molecule has 1 saturated heterocycles. The van der Waals surface area contributed by atoms with E-state index in [1.165, 1.54) is 24.8 Å². The van der Waals surface area contributed by atoms with Gasteiger partial charge in [0.2, 0.25) is 0 Å². The summed E-state index contributed by atoms with van der Waals surface area (Å²) in [6, 6.07) is 10.8. The van der Waals surface area contributed by atoms with Crippen molar-refractivity contribution in [3.05, 3.63) is 35.9 Å². The fourth-order valence-corrected chi connectivity index (χ4v) is 3.05. The summed E-state index contributed by atoms with van der Waals surface area (Å²) in [5.74, 6) is 1.83. The van der Waals surface area contributed by atoms with Gasteiger partial charge in [-0.25, -0.2) is 0 Å². The second-order valence-electron chi connectivity index (χ2n) is 5.94. The minimum Gasteiger partial charge on any atom is -0.385 e. The molecule has 4 heteroatoms. The van der Waals surface area contributed by atoms with Crippen LogP contribution in [0.25, 0.3) is 0 Å². The second-order valence-corrected chi connectivity index (χ2v) is 5.94. The zero-order chi connectivity index (χ0) is 15.6. The lowest BCUT2D eigenvalue weighted by Crippen LogP contribution is -2.46. The molecule has 1 N–H and O–H groups in total. The lowest BCUT2D eigenvalue weighted by molar-refractivity contribution is 0.195. The molecular formula is C18H29N3O. The van der Waals surface area contributed by atoms with Crippen molar-refractivity contribution in [2.45, 2.75) is 25.7 Å². The molecule has 122 valence electrons. The molecule has 1 aromatic rings. The Morgan fingerprint density at radius 2 is 2.00 bits per heavy atom. The number of nitrogens with one attached hydrogen (secondary N) is 1. The first kappa shape index (κ1) is 16.8. The molecule has 1 aromatic carbocycles. The van der Waals surface area contributed by atoms with Crippen molar-refractivity contribution >= 4 is 5.96 Å². The van der Waals surface area contributed by atoms with E-state index in [1.54, 1.807) is 7.11 Å². The number of rotatable bonds is 6. The summed E-state index contributed by atoms with van der Waals surface area (Å²) in [5.41, 5.74) is 1.46. The van der Waals surface area contributed by atoms with Gasteiger partial charge in [-0.15, -0.1) is 0 Å². The lowest BCUT2D eigenvalue weighted by atomic mass is 9.90. The van der Waals surface area contributed by atoms with Gasteiger partial charge in [0.15, 0.2) is 5.96 Å². The first-order valence-corrected chi connectivity index (χ1v) is 8.32. The minimum absolute atomic E-state index is 0.795. The van der Waals surface area contributed by atoms with E-state index in [9.17, 15) is 0 Å². The van der Waals surface area contributed by atoms with E-state index in [0.29, 0.717) is 0 Å². The van der Waals surface area contributed by atoms with Crippen LogP contribution in [-0.2, 0) is 11.2 Å². The third-order valence-electron chi connectivity index (χ3n) is 4.30. The summed E-state index contributed by atoms with van der Waals surface area (Å²) in [4.78, 5) is 6.79. The molecule has 0 bridgehead atoms. The molecule has 22 heavy (non-hydrogen) atoms. The topological polar surface area (TPSA) is 36.9 Å². The number of methoxy groups -OCH3 is 1. The molecule has 0 aliphatic carbocycles. The molecule has 1 aliphatic heterocycles. The van der Waals surface area contributed by atoms with Crippen LogP contribution in [-0.4, -0.2) is 51.3 Å². The van der Waals surface area contributed by atoms with Crippen LogP contribution in [0, 0.1) is 5.92 Å². The van der Waals surface area contributed by atoms with Gasteiger partial charge < -0.3 is 15.0 Å². The summed E-state index contributed by atoms with van der Waals surface area (Å²) in [6.45, 7) is 3.91. The molecular weight excluding hydrogens is 274 g/mol. The lowest BCUT2D eigenvalue weighted by Gasteiger charge is -2.34. The summed E-state index contributed by atoms with van der Waals surface area (Å²) in [5, 5.41) is 3.43. The zero-order valence-electron chi connectivity index (χ0n) is 13.9. The van der Waals surface area contributed by atoms with Crippen LogP contribution in [0.3, 0.4) is 0 Å². The number of benzene rings is 1. The Morgan fingerprint density at radius 3 is 2.64 bits per heavy atom. The van der Waals surface area contributed by atoms with Crippen LogP contribution in [0.2, 0.25) is 0 Å². The molecule has 0 atom stereocenters. The van der Waals surface area contributed by atoms with Crippen LogP contribution in [0.15, 0.2) is 35.3 Å². The van der Waals surface area contributed by atoms with E-state index >= 15 is 0 Å². The van der Waals surface area contributed by atoms with Crippen molar-refractivity contribution in [1.82, 2.24) is 10.2 Å². The number of hydrogen-bond acceptors (Lipinski definition) is 2. The van der Waals surface area contributed by atoms with E-state index in [1.807, 2.05) is 7.05 Å². The number of piperidine rings is 1. The summed E-state index contributed by atoms with van der Waals surface area (Å²) in [6.07, 6.45) is 4.70. The molecule has 0 spiro atoms. The van der Waals surface area contributed by atoms with Gasteiger partial charge in [0, 0.05) is 40.4 Å². The molecule has 0 radical (unpaired) electrons. The number of aliphatic imine (C=N–C) groups is 1. The minimum atomic E-state index is 0.795. The summed E-state index contributed by atoms with van der Waals surface area (Å²) >= 11 is 0. The summed E-state index contributed by atoms with van der Waals surface area (Å²) < 4.78 is 5.08. The highest BCUT2D eigenvalue weighted by molar-refractivity contribution is 5.79. The van der Waals surface area contributed by atoms with Gasteiger partial charge in [0.25, 0.3) is 0 Å². The monoisotopic (exact) mass is 303 g/mol. The van der Waals surface area contributed by atoms with Crippen molar-refractivity contribution in [1.29, 1.82) is 0 Å². The van der Waals surface area contributed by atoms with Crippen molar-refractivity contribution in [2.75, 3.05) is 40.4 Å². The molecule has 0 amide bonds.